The van der Waals surface area contributed by atoms with Gasteiger partial charge in [0.1, 0.15) is 0 Å². The molecular weight excluding hydrogens is 385 g/mol. The molecular formula is C20H37F3N4O2. The van der Waals surface area contributed by atoms with Gasteiger partial charge in [-0.2, -0.15) is 13.2 Å². The molecule has 1 unspecified atom stereocenters. The van der Waals surface area contributed by atoms with Crippen molar-refractivity contribution in [2.75, 3.05) is 65.7 Å². The highest BCUT2D eigenvalue weighted by molar-refractivity contribution is 5.79. The zero-order chi connectivity index (χ0) is 21.0. The van der Waals surface area contributed by atoms with Crippen molar-refractivity contribution < 1.29 is 22.6 Å². The Bertz CT molecular complexity index is 463. The first-order chi connectivity index (χ1) is 14.0. The summed E-state index contributed by atoms with van der Waals surface area (Å²) < 4.78 is 48.4. The summed E-state index contributed by atoms with van der Waals surface area (Å²) in [5.74, 6) is 1.81. The molecule has 0 amide bonds. The van der Waals surface area contributed by atoms with E-state index in [-0.39, 0.29) is 0 Å². The van der Waals surface area contributed by atoms with E-state index in [0.717, 1.165) is 71.0 Å². The molecule has 9 heteroatoms. The molecule has 6 nitrogen and oxygen atoms in total. The monoisotopic (exact) mass is 422 g/mol. The summed E-state index contributed by atoms with van der Waals surface area (Å²) in [6.45, 7) is 7.72. The molecule has 2 aliphatic rings. The third-order valence-corrected chi connectivity index (χ3v) is 5.39. The second-order valence-electron chi connectivity index (χ2n) is 7.97. The summed E-state index contributed by atoms with van der Waals surface area (Å²) in [6, 6.07) is 0. The molecule has 0 aromatic carbocycles. The minimum atomic E-state index is -4.10. The van der Waals surface area contributed by atoms with Crippen molar-refractivity contribution in [3.63, 3.8) is 0 Å². The summed E-state index contributed by atoms with van der Waals surface area (Å²) in [5.41, 5.74) is 0. The second-order valence-corrected chi connectivity index (χ2v) is 7.97. The van der Waals surface area contributed by atoms with Crippen molar-refractivity contribution in [3.05, 3.63) is 0 Å². The van der Waals surface area contributed by atoms with Crippen molar-refractivity contribution in [3.8, 4) is 0 Å². The Morgan fingerprint density at radius 1 is 1.17 bits per heavy atom. The Hall–Kier alpha value is -1.06. The number of rotatable bonds is 11. The van der Waals surface area contributed by atoms with Crippen LogP contribution in [-0.4, -0.2) is 82.7 Å². The summed E-state index contributed by atoms with van der Waals surface area (Å²) in [6.07, 6.45) is 0.484. The van der Waals surface area contributed by atoms with Gasteiger partial charge in [0.15, 0.2) is 5.96 Å². The SMILES string of the molecule is CCNC(=NCCCOCC1CCOC1)NCCC1CCN(CC(F)(F)F)CC1. The van der Waals surface area contributed by atoms with Crippen LogP contribution < -0.4 is 10.6 Å². The van der Waals surface area contributed by atoms with Crippen molar-refractivity contribution in [1.82, 2.24) is 15.5 Å². The van der Waals surface area contributed by atoms with Crippen molar-refractivity contribution in [1.29, 1.82) is 0 Å². The topological polar surface area (TPSA) is 58.1 Å². The molecule has 2 fully saturated rings. The largest absolute Gasteiger partial charge is 0.401 e. The van der Waals surface area contributed by atoms with E-state index in [1.54, 1.807) is 0 Å². The first-order valence-electron chi connectivity index (χ1n) is 10.9. The van der Waals surface area contributed by atoms with Crippen LogP contribution >= 0.6 is 0 Å². The molecule has 0 saturated carbocycles. The van der Waals surface area contributed by atoms with Gasteiger partial charge in [-0.05, 0) is 58.0 Å². The highest BCUT2D eigenvalue weighted by Crippen LogP contribution is 2.23. The smallest absolute Gasteiger partial charge is 0.381 e. The molecule has 29 heavy (non-hydrogen) atoms. The summed E-state index contributed by atoms with van der Waals surface area (Å²) >= 11 is 0. The minimum Gasteiger partial charge on any atom is -0.381 e. The highest BCUT2D eigenvalue weighted by Gasteiger charge is 2.32. The van der Waals surface area contributed by atoms with Crippen LogP contribution in [0, 0.1) is 11.8 Å². The zero-order valence-electron chi connectivity index (χ0n) is 17.6. The number of nitrogens with zero attached hydrogens (tertiary/aromatic N) is 2. The average Bonchev–Trinajstić information content (AvgIpc) is 3.18. The Morgan fingerprint density at radius 2 is 1.97 bits per heavy atom. The van der Waals surface area contributed by atoms with Crippen molar-refractivity contribution >= 4 is 5.96 Å². The van der Waals surface area contributed by atoms with Gasteiger partial charge in [0.05, 0.1) is 19.8 Å². The number of alkyl halides is 3. The molecule has 2 aliphatic heterocycles. The normalized spacial score (nSPS) is 22.2. The number of likely N-dealkylation sites (tertiary alicyclic amines) is 1. The Balaban J connectivity index is 1.54. The molecule has 2 saturated heterocycles. The van der Waals surface area contributed by atoms with Gasteiger partial charge in [-0.15, -0.1) is 0 Å². The van der Waals surface area contributed by atoms with Crippen LogP contribution in [0.15, 0.2) is 4.99 Å². The van der Waals surface area contributed by atoms with Gasteiger partial charge in [0, 0.05) is 38.8 Å². The summed E-state index contributed by atoms with van der Waals surface area (Å²) in [5, 5.41) is 6.58. The zero-order valence-corrected chi connectivity index (χ0v) is 17.6. The number of hydrogen-bond donors (Lipinski definition) is 2. The van der Waals surface area contributed by atoms with Gasteiger partial charge in [-0.25, -0.2) is 0 Å². The molecule has 2 rings (SSSR count). The van der Waals surface area contributed by atoms with Crippen LogP contribution in [-0.2, 0) is 9.47 Å². The standard InChI is InChI=1S/C20H37F3N4O2/c1-2-24-19(25-8-3-12-28-14-18-7-13-29-15-18)26-9-4-17-5-10-27(11-6-17)16-20(21,22)23/h17-18H,2-16H2,1H3,(H2,24,25,26). The predicted octanol–water partition coefficient (Wildman–Crippen LogP) is 2.65. The van der Waals surface area contributed by atoms with E-state index in [4.69, 9.17) is 9.47 Å². The molecule has 0 spiro atoms. The van der Waals surface area contributed by atoms with Gasteiger partial charge in [-0.1, -0.05) is 0 Å². The lowest BCUT2D eigenvalue weighted by Gasteiger charge is -2.32. The predicted molar refractivity (Wildman–Crippen MR) is 108 cm³/mol. The molecule has 2 heterocycles. The number of nitrogens with one attached hydrogen (secondary N) is 2. The van der Waals surface area contributed by atoms with Gasteiger partial charge in [0.25, 0.3) is 0 Å². The molecule has 0 aromatic heterocycles. The maximum atomic E-state index is 12.5. The molecule has 0 aliphatic carbocycles. The number of ether oxygens (including phenoxy) is 2. The lowest BCUT2D eigenvalue weighted by molar-refractivity contribution is -0.148. The van der Waals surface area contributed by atoms with Gasteiger partial charge >= 0.3 is 6.18 Å². The molecule has 0 radical (unpaired) electrons. The van der Waals surface area contributed by atoms with E-state index in [2.05, 4.69) is 15.6 Å². The quantitative estimate of drug-likeness (QED) is 0.305. The van der Waals surface area contributed by atoms with Crippen LogP contribution in [0.1, 0.15) is 39.0 Å². The minimum absolute atomic E-state index is 0.475. The van der Waals surface area contributed by atoms with E-state index in [1.807, 2.05) is 6.92 Å². The van der Waals surface area contributed by atoms with Crippen LogP contribution in [0.2, 0.25) is 0 Å². The van der Waals surface area contributed by atoms with Gasteiger partial charge in [-0.3, -0.25) is 9.89 Å². The van der Waals surface area contributed by atoms with Crippen LogP contribution in [0.4, 0.5) is 13.2 Å². The van der Waals surface area contributed by atoms with Crippen molar-refractivity contribution in [2.45, 2.75) is 45.2 Å². The fourth-order valence-electron chi connectivity index (χ4n) is 3.75. The first-order valence-corrected chi connectivity index (χ1v) is 10.9. The average molecular weight is 423 g/mol. The number of halogens is 3. The number of aliphatic imine (C=N–C) groups is 1. The molecule has 0 aromatic rings. The Morgan fingerprint density at radius 3 is 2.62 bits per heavy atom. The maximum absolute atomic E-state index is 12.5. The molecule has 2 N–H and O–H groups in total. The Labute approximate surface area is 172 Å². The second kappa shape index (κ2) is 13.3. The summed E-state index contributed by atoms with van der Waals surface area (Å²) in [4.78, 5) is 6.09. The number of piperidine rings is 1. The van der Waals surface area contributed by atoms with Crippen LogP contribution in [0.3, 0.4) is 0 Å². The van der Waals surface area contributed by atoms with E-state index in [1.165, 1.54) is 4.90 Å². The van der Waals surface area contributed by atoms with Gasteiger partial charge < -0.3 is 20.1 Å². The van der Waals surface area contributed by atoms with E-state index >= 15 is 0 Å². The van der Waals surface area contributed by atoms with Gasteiger partial charge in [0.2, 0.25) is 0 Å². The van der Waals surface area contributed by atoms with E-state index in [9.17, 15) is 13.2 Å². The lowest BCUT2D eigenvalue weighted by Crippen LogP contribution is -2.41. The molecule has 170 valence electrons. The summed E-state index contributed by atoms with van der Waals surface area (Å²) in [7, 11) is 0. The molecule has 1 atom stereocenters. The third kappa shape index (κ3) is 11.1. The van der Waals surface area contributed by atoms with Crippen molar-refractivity contribution in [2.24, 2.45) is 16.8 Å². The number of guanidine groups is 1. The first kappa shape index (κ1) is 24.2. The van der Waals surface area contributed by atoms with Crippen LogP contribution in [0.5, 0.6) is 0 Å². The van der Waals surface area contributed by atoms with Crippen LogP contribution in [0.25, 0.3) is 0 Å². The fraction of sp³-hybridized carbons (Fsp3) is 0.950. The molecule has 0 bridgehead atoms. The maximum Gasteiger partial charge on any atom is 0.401 e. The lowest BCUT2D eigenvalue weighted by atomic mass is 9.93. The third-order valence-electron chi connectivity index (χ3n) is 5.39. The van der Waals surface area contributed by atoms with E-state index in [0.29, 0.717) is 38.1 Å². The Kier molecular flexibility index (Phi) is 11.1. The van der Waals surface area contributed by atoms with E-state index < -0.39 is 12.7 Å². The highest BCUT2D eigenvalue weighted by atomic mass is 19.4. The fourth-order valence-corrected chi connectivity index (χ4v) is 3.75. The number of hydrogen-bond acceptors (Lipinski definition) is 4.